The Hall–Kier alpha value is -2.47. The maximum Gasteiger partial charge on any atom is 0.238 e. The number of rotatable bonds is 7. The predicted molar refractivity (Wildman–Crippen MR) is 110 cm³/mol. The fourth-order valence-corrected chi connectivity index (χ4v) is 4.21. The molecule has 1 atom stereocenters. The van der Waals surface area contributed by atoms with Gasteiger partial charge >= 0.3 is 0 Å². The summed E-state index contributed by atoms with van der Waals surface area (Å²) in [6.45, 7) is 4.53. The molecule has 142 valence electrons. The number of thioether (sulfide) groups is 1. The molecule has 1 unspecified atom stereocenters. The standard InChI is InChI=1S/C21H24N2O3S/c1-3-6-19(24)22-16-8-5-7-15(13-16)21-23(20(25)14-27-21)17-9-11-18(12-10-17)26-4-2/h5,7-13,21H,3-4,6,14H2,1-2H3,(H,22,24). The van der Waals surface area contributed by atoms with Crippen LogP contribution in [0, 0.1) is 0 Å². The van der Waals surface area contributed by atoms with Crippen LogP contribution in [0.4, 0.5) is 11.4 Å². The van der Waals surface area contributed by atoms with Crippen LogP contribution < -0.4 is 15.0 Å². The average Bonchev–Trinajstić information content (AvgIpc) is 3.05. The molecular weight excluding hydrogens is 360 g/mol. The lowest BCUT2D eigenvalue weighted by Gasteiger charge is -2.25. The van der Waals surface area contributed by atoms with Gasteiger partial charge < -0.3 is 10.1 Å². The molecule has 1 aliphatic heterocycles. The largest absolute Gasteiger partial charge is 0.494 e. The molecule has 0 spiro atoms. The number of hydrogen-bond donors (Lipinski definition) is 1. The summed E-state index contributed by atoms with van der Waals surface area (Å²) in [7, 11) is 0. The Kier molecular flexibility index (Phi) is 6.40. The normalized spacial score (nSPS) is 16.4. The Morgan fingerprint density at radius 3 is 2.70 bits per heavy atom. The molecule has 0 radical (unpaired) electrons. The molecule has 27 heavy (non-hydrogen) atoms. The van der Waals surface area contributed by atoms with Crippen molar-refractivity contribution in [2.45, 2.75) is 32.1 Å². The molecule has 1 saturated heterocycles. The number of amides is 2. The van der Waals surface area contributed by atoms with Gasteiger partial charge in [-0.1, -0.05) is 19.1 Å². The van der Waals surface area contributed by atoms with E-state index in [2.05, 4.69) is 5.32 Å². The van der Waals surface area contributed by atoms with E-state index < -0.39 is 0 Å². The highest BCUT2D eigenvalue weighted by molar-refractivity contribution is 8.00. The minimum atomic E-state index is -0.113. The quantitative estimate of drug-likeness (QED) is 0.758. The van der Waals surface area contributed by atoms with Crippen LogP contribution in [0.1, 0.15) is 37.6 Å². The molecule has 1 aliphatic rings. The summed E-state index contributed by atoms with van der Waals surface area (Å²) in [6.07, 6.45) is 1.31. The van der Waals surface area contributed by atoms with Crippen molar-refractivity contribution < 1.29 is 14.3 Å². The zero-order chi connectivity index (χ0) is 19.2. The van der Waals surface area contributed by atoms with Crippen molar-refractivity contribution in [3.63, 3.8) is 0 Å². The Labute approximate surface area is 164 Å². The number of carbonyl (C=O) groups excluding carboxylic acids is 2. The molecule has 2 aromatic rings. The summed E-state index contributed by atoms with van der Waals surface area (Å²) in [5.74, 6) is 1.31. The maximum atomic E-state index is 12.5. The Morgan fingerprint density at radius 2 is 2.00 bits per heavy atom. The van der Waals surface area contributed by atoms with Crippen molar-refractivity contribution in [1.29, 1.82) is 0 Å². The Balaban J connectivity index is 1.82. The van der Waals surface area contributed by atoms with Crippen LogP contribution in [0.25, 0.3) is 0 Å². The summed E-state index contributed by atoms with van der Waals surface area (Å²) in [6, 6.07) is 15.3. The van der Waals surface area contributed by atoms with Crippen LogP contribution in [0.5, 0.6) is 5.75 Å². The SMILES string of the molecule is CCCC(=O)Nc1cccc(C2SCC(=O)N2c2ccc(OCC)cc2)c1. The molecule has 5 nitrogen and oxygen atoms in total. The molecule has 1 heterocycles. The molecule has 0 bridgehead atoms. The zero-order valence-electron chi connectivity index (χ0n) is 15.6. The summed E-state index contributed by atoms with van der Waals surface area (Å²) >= 11 is 1.59. The monoisotopic (exact) mass is 384 g/mol. The van der Waals surface area contributed by atoms with Gasteiger partial charge in [0.05, 0.1) is 12.4 Å². The van der Waals surface area contributed by atoms with E-state index in [0.29, 0.717) is 18.8 Å². The van der Waals surface area contributed by atoms with Crippen LogP contribution in [0.3, 0.4) is 0 Å². The number of ether oxygens (including phenoxy) is 1. The van der Waals surface area contributed by atoms with E-state index in [4.69, 9.17) is 4.74 Å². The molecule has 3 rings (SSSR count). The van der Waals surface area contributed by atoms with Crippen LogP contribution in [-0.4, -0.2) is 24.2 Å². The van der Waals surface area contributed by atoms with E-state index >= 15 is 0 Å². The lowest BCUT2D eigenvalue weighted by Crippen LogP contribution is -2.27. The Bertz CT molecular complexity index is 807. The highest BCUT2D eigenvalue weighted by Crippen LogP contribution is 2.42. The van der Waals surface area contributed by atoms with Gasteiger partial charge in [-0.05, 0) is 55.3 Å². The minimum Gasteiger partial charge on any atom is -0.494 e. The first-order valence-electron chi connectivity index (χ1n) is 9.18. The predicted octanol–water partition coefficient (Wildman–Crippen LogP) is 4.60. The second kappa shape index (κ2) is 8.95. The van der Waals surface area contributed by atoms with E-state index in [1.807, 2.05) is 67.3 Å². The van der Waals surface area contributed by atoms with Crippen LogP contribution in [0.15, 0.2) is 48.5 Å². The van der Waals surface area contributed by atoms with Crippen LogP contribution in [-0.2, 0) is 9.59 Å². The second-order valence-corrected chi connectivity index (χ2v) is 7.35. The first-order chi connectivity index (χ1) is 13.1. The lowest BCUT2D eigenvalue weighted by atomic mass is 10.1. The summed E-state index contributed by atoms with van der Waals surface area (Å²) < 4.78 is 5.49. The molecule has 6 heteroatoms. The summed E-state index contributed by atoms with van der Waals surface area (Å²) in [5, 5.41) is 2.81. The lowest BCUT2D eigenvalue weighted by molar-refractivity contribution is -0.116. The second-order valence-electron chi connectivity index (χ2n) is 6.28. The van der Waals surface area contributed by atoms with Crippen molar-refractivity contribution in [1.82, 2.24) is 0 Å². The third kappa shape index (κ3) is 4.63. The van der Waals surface area contributed by atoms with Crippen molar-refractivity contribution in [2.24, 2.45) is 0 Å². The smallest absolute Gasteiger partial charge is 0.238 e. The number of nitrogens with zero attached hydrogens (tertiary/aromatic N) is 1. The van der Waals surface area contributed by atoms with Gasteiger partial charge in [0.2, 0.25) is 11.8 Å². The van der Waals surface area contributed by atoms with E-state index in [9.17, 15) is 9.59 Å². The molecule has 1 fully saturated rings. The van der Waals surface area contributed by atoms with Gasteiger partial charge in [0, 0.05) is 17.8 Å². The molecule has 2 amide bonds. The number of anilines is 2. The minimum absolute atomic E-state index is 0.00757. The number of benzene rings is 2. The van der Waals surface area contributed by atoms with Gasteiger partial charge in [-0.25, -0.2) is 0 Å². The van der Waals surface area contributed by atoms with Crippen molar-refractivity contribution in [3.8, 4) is 5.75 Å². The molecule has 0 aromatic heterocycles. The van der Waals surface area contributed by atoms with Crippen molar-refractivity contribution in [3.05, 3.63) is 54.1 Å². The van der Waals surface area contributed by atoms with E-state index in [-0.39, 0.29) is 17.2 Å². The summed E-state index contributed by atoms with van der Waals surface area (Å²) in [4.78, 5) is 26.2. The Morgan fingerprint density at radius 1 is 1.22 bits per heavy atom. The first kappa shape index (κ1) is 19.3. The van der Waals surface area contributed by atoms with Gasteiger partial charge in [-0.2, -0.15) is 0 Å². The van der Waals surface area contributed by atoms with Crippen molar-refractivity contribution in [2.75, 3.05) is 22.6 Å². The fourth-order valence-electron chi connectivity index (χ4n) is 3.04. The van der Waals surface area contributed by atoms with E-state index in [1.54, 1.807) is 11.8 Å². The molecular formula is C21H24N2O3S. The van der Waals surface area contributed by atoms with Gasteiger partial charge in [0.1, 0.15) is 11.1 Å². The van der Waals surface area contributed by atoms with Crippen LogP contribution in [0.2, 0.25) is 0 Å². The third-order valence-electron chi connectivity index (χ3n) is 4.23. The van der Waals surface area contributed by atoms with Gasteiger partial charge in [-0.15, -0.1) is 11.8 Å². The number of carbonyl (C=O) groups is 2. The number of nitrogens with one attached hydrogen (secondary N) is 1. The zero-order valence-corrected chi connectivity index (χ0v) is 16.4. The topological polar surface area (TPSA) is 58.6 Å². The number of hydrogen-bond acceptors (Lipinski definition) is 4. The molecule has 2 aromatic carbocycles. The van der Waals surface area contributed by atoms with E-state index in [0.717, 1.165) is 29.1 Å². The highest BCUT2D eigenvalue weighted by atomic mass is 32.2. The molecule has 1 N–H and O–H groups in total. The summed E-state index contributed by atoms with van der Waals surface area (Å²) in [5.41, 5.74) is 2.60. The fraction of sp³-hybridized carbons (Fsp3) is 0.333. The van der Waals surface area contributed by atoms with Gasteiger partial charge in [0.15, 0.2) is 0 Å². The molecule has 0 aliphatic carbocycles. The average molecular weight is 385 g/mol. The highest BCUT2D eigenvalue weighted by Gasteiger charge is 2.34. The maximum absolute atomic E-state index is 12.5. The molecule has 0 saturated carbocycles. The first-order valence-corrected chi connectivity index (χ1v) is 10.2. The van der Waals surface area contributed by atoms with E-state index in [1.165, 1.54) is 0 Å². The third-order valence-corrected chi connectivity index (χ3v) is 5.44. The van der Waals surface area contributed by atoms with Gasteiger partial charge in [0.25, 0.3) is 0 Å². The van der Waals surface area contributed by atoms with Crippen molar-refractivity contribution >= 4 is 35.0 Å². The van der Waals surface area contributed by atoms with Crippen LogP contribution >= 0.6 is 11.8 Å². The van der Waals surface area contributed by atoms with Gasteiger partial charge in [-0.3, -0.25) is 14.5 Å².